The van der Waals surface area contributed by atoms with E-state index in [-0.39, 0.29) is 16.3 Å². The van der Waals surface area contributed by atoms with Gasteiger partial charge < -0.3 is 4.74 Å². The van der Waals surface area contributed by atoms with Gasteiger partial charge in [-0.15, -0.1) is 5.10 Å². The van der Waals surface area contributed by atoms with E-state index in [4.69, 9.17) is 9.84 Å². The van der Waals surface area contributed by atoms with Gasteiger partial charge in [0.25, 0.3) is 5.56 Å². The van der Waals surface area contributed by atoms with Gasteiger partial charge in [0.1, 0.15) is 11.5 Å². The Morgan fingerprint density at radius 3 is 2.44 bits per heavy atom. The second-order valence-corrected chi connectivity index (χ2v) is 13.2. The van der Waals surface area contributed by atoms with Crippen molar-refractivity contribution in [1.82, 2.24) is 28.7 Å². The van der Waals surface area contributed by atoms with Crippen LogP contribution in [-0.4, -0.2) is 63.4 Å². The molecule has 45 heavy (non-hydrogen) atoms. The first-order valence-corrected chi connectivity index (χ1v) is 16.3. The van der Waals surface area contributed by atoms with Crippen LogP contribution in [0, 0.1) is 5.82 Å². The Hall–Kier alpha value is -4.82. The standard InChI is InChI=1S/C32H25FN6O4S2/c33-25-12-9-22(10-13-25)11-14-29-34-32-39(35-29)31(40)28(44-32)20-24-21-38(26-6-2-1-3-7-26)36-30(24)23-5-4-8-27(19-23)45(41,42)37-15-17-43-18-16-37/h1-14,19-21H,15-18H2/b14-11+,28-20-. The van der Waals surface area contributed by atoms with Gasteiger partial charge in [0.05, 0.1) is 28.3 Å². The summed E-state index contributed by atoms with van der Waals surface area (Å²) >= 11 is 1.18. The van der Waals surface area contributed by atoms with E-state index in [9.17, 15) is 17.6 Å². The summed E-state index contributed by atoms with van der Waals surface area (Å²) in [7, 11) is -3.74. The predicted octanol–water partition coefficient (Wildman–Crippen LogP) is 3.88. The summed E-state index contributed by atoms with van der Waals surface area (Å²) < 4.78 is 50.1. The molecule has 0 amide bonds. The van der Waals surface area contributed by atoms with Crippen molar-refractivity contribution in [2.24, 2.45) is 0 Å². The highest BCUT2D eigenvalue weighted by Gasteiger charge is 2.27. The summed E-state index contributed by atoms with van der Waals surface area (Å²) in [5.41, 5.74) is 2.96. The smallest absolute Gasteiger partial charge is 0.291 e. The van der Waals surface area contributed by atoms with Crippen molar-refractivity contribution in [2.45, 2.75) is 4.90 Å². The lowest BCUT2D eigenvalue weighted by Crippen LogP contribution is -2.40. The number of hydrogen-bond acceptors (Lipinski definition) is 8. The molecule has 226 valence electrons. The normalized spacial score (nSPS) is 15.0. The van der Waals surface area contributed by atoms with E-state index in [1.165, 1.54) is 32.3 Å². The Kier molecular flexibility index (Phi) is 7.67. The number of benzene rings is 3. The van der Waals surface area contributed by atoms with Gasteiger partial charge in [-0.2, -0.15) is 18.9 Å². The fourth-order valence-electron chi connectivity index (χ4n) is 4.98. The van der Waals surface area contributed by atoms with Gasteiger partial charge >= 0.3 is 0 Å². The minimum atomic E-state index is -3.74. The SMILES string of the molecule is O=c1/c(=C/c2cn(-c3ccccc3)nc2-c2cccc(S(=O)(=O)N3CCOCC3)c2)sc2nc(/C=C/c3ccc(F)cc3)nn12. The van der Waals surface area contributed by atoms with Crippen LogP contribution in [0.5, 0.6) is 0 Å². The van der Waals surface area contributed by atoms with Crippen molar-refractivity contribution in [1.29, 1.82) is 0 Å². The van der Waals surface area contributed by atoms with Crippen LogP contribution >= 0.6 is 11.3 Å². The Bertz CT molecular complexity index is 2260. The van der Waals surface area contributed by atoms with E-state index >= 15 is 0 Å². The van der Waals surface area contributed by atoms with Crippen LogP contribution in [0.3, 0.4) is 0 Å². The molecule has 0 bridgehead atoms. The number of ether oxygens (including phenoxy) is 1. The quantitative estimate of drug-likeness (QED) is 0.260. The fourth-order valence-corrected chi connectivity index (χ4v) is 7.34. The van der Waals surface area contributed by atoms with Gasteiger partial charge in [0.2, 0.25) is 15.0 Å². The van der Waals surface area contributed by atoms with Crippen molar-refractivity contribution in [3.05, 3.63) is 123 Å². The van der Waals surface area contributed by atoms with Crippen molar-refractivity contribution in [2.75, 3.05) is 26.3 Å². The first-order chi connectivity index (χ1) is 21.8. The number of thiazole rings is 1. The molecule has 4 heterocycles. The van der Waals surface area contributed by atoms with Gasteiger partial charge in [-0.25, -0.2) is 17.5 Å². The van der Waals surface area contributed by atoms with Crippen molar-refractivity contribution in [3.63, 3.8) is 0 Å². The molecule has 0 N–H and O–H groups in total. The summed E-state index contributed by atoms with van der Waals surface area (Å²) in [5, 5.41) is 9.16. The minimum absolute atomic E-state index is 0.159. The maximum Gasteiger partial charge on any atom is 0.291 e. The molecule has 1 saturated heterocycles. The monoisotopic (exact) mass is 640 g/mol. The van der Waals surface area contributed by atoms with E-state index in [1.54, 1.807) is 65.5 Å². The average Bonchev–Trinajstić information content (AvgIpc) is 3.76. The third kappa shape index (κ3) is 5.85. The van der Waals surface area contributed by atoms with Gasteiger partial charge in [-0.05, 0) is 54.1 Å². The van der Waals surface area contributed by atoms with Crippen molar-refractivity contribution >= 4 is 44.5 Å². The maximum atomic E-state index is 13.4. The van der Waals surface area contributed by atoms with Crippen LogP contribution in [-0.2, 0) is 14.8 Å². The second kappa shape index (κ2) is 11.9. The van der Waals surface area contributed by atoms with Crippen LogP contribution in [0.25, 0.3) is 40.1 Å². The molecule has 0 saturated carbocycles. The van der Waals surface area contributed by atoms with Crippen LogP contribution < -0.4 is 10.1 Å². The van der Waals surface area contributed by atoms with Crippen LogP contribution in [0.2, 0.25) is 0 Å². The first kappa shape index (κ1) is 28.9. The molecule has 7 rings (SSSR count). The number of para-hydroxylation sites is 1. The third-order valence-corrected chi connectivity index (χ3v) is 10.1. The van der Waals surface area contributed by atoms with Crippen LogP contribution in [0.15, 0.2) is 94.7 Å². The second-order valence-electron chi connectivity index (χ2n) is 10.2. The van der Waals surface area contributed by atoms with Gasteiger partial charge in [-0.3, -0.25) is 4.79 Å². The predicted molar refractivity (Wildman–Crippen MR) is 170 cm³/mol. The topological polar surface area (TPSA) is 112 Å². The lowest BCUT2D eigenvalue weighted by atomic mass is 10.1. The molecular formula is C32H25FN6O4S2. The number of sulfonamides is 1. The number of rotatable bonds is 7. The van der Waals surface area contributed by atoms with E-state index in [2.05, 4.69) is 10.1 Å². The Morgan fingerprint density at radius 1 is 0.911 bits per heavy atom. The van der Waals surface area contributed by atoms with Crippen LogP contribution in [0.1, 0.15) is 17.0 Å². The van der Waals surface area contributed by atoms with E-state index in [0.29, 0.717) is 58.4 Å². The zero-order valence-corrected chi connectivity index (χ0v) is 25.3. The van der Waals surface area contributed by atoms with Crippen molar-refractivity contribution in [3.8, 4) is 16.9 Å². The highest BCUT2D eigenvalue weighted by atomic mass is 32.2. The number of hydrogen-bond donors (Lipinski definition) is 0. The van der Waals surface area contributed by atoms with E-state index in [0.717, 1.165) is 11.3 Å². The summed E-state index contributed by atoms with van der Waals surface area (Å²) in [6, 6.07) is 22.2. The lowest BCUT2D eigenvalue weighted by molar-refractivity contribution is 0.0730. The number of halogens is 1. The Balaban J connectivity index is 1.28. The molecule has 3 aromatic carbocycles. The van der Waals surface area contributed by atoms with Crippen LogP contribution in [0.4, 0.5) is 4.39 Å². The Morgan fingerprint density at radius 2 is 1.69 bits per heavy atom. The van der Waals surface area contributed by atoms with Gasteiger partial charge in [-0.1, -0.05) is 59.9 Å². The lowest BCUT2D eigenvalue weighted by Gasteiger charge is -2.26. The maximum absolute atomic E-state index is 13.4. The number of morpholine rings is 1. The fraction of sp³-hybridized carbons (Fsp3) is 0.125. The van der Waals surface area contributed by atoms with Gasteiger partial charge in [0, 0.05) is 30.4 Å². The summed E-state index contributed by atoms with van der Waals surface area (Å²) in [5.74, 6) is 0.0286. The molecule has 0 unspecified atom stereocenters. The number of fused-ring (bicyclic) bond motifs is 1. The van der Waals surface area contributed by atoms with E-state index in [1.807, 2.05) is 30.3 Å². The number of aromatic nitrogens is 5. The molecule has 0 aliphatic carbocycles. The molecule has 1 aliphatic rings. The molecule has 0 radical (unpaired) electrons. The number of nitrogens with zero attached hydrogens (tertiary/aromatic N) is 6. The third-order valence-electron chi connectivity index (χ3n) is 7.26. The molecule has 1 fully saturated rings. The summed E-state index contributed by atoms with van der Waals surface area (Å²) in [4.78, 5) is 18.4. The first-order valence-electron chi connectivity index (χ1n) is 14.0. The summed E-state index contributed by atoms with van der Waals surface area (Å²) in [6.45, 7) is 1.28. The zero-order chi connectivity index (χ0) is 31.0. The largest absolute Gasteiger partial charge is 0.379 e. The summed E-state index contributed by atoms with van der Waals surface area (Å²) in [6.07, 6.45) is 6.94. The zero-order valence-electron chi connectivity index (χ0n) is 23.7. The molecule has 13 heteroatoms. The minimum Gasteiger partial charge on any atom is -0.379 e. The highest BCUT2D eigenvalue weighted by molar-refractivity contribution is 7.89. The molecule has 0 spiro atoms. The van der Waals surface area contributed by atoms with Crippen molar-refractivity contribution < 1.29 is 17.5 Å². The van der Waals surface area contributed by atoms with Gasteiger partial charge in [0.15, 0.2) is 5.82 Å². The molecule has 1 aliphatic heterocycles. The molecule has 10 nitrogen and oxygen atoms in total. The Labute approximate surface area is 261 Å². The molecule has 0 atom stereocenters. The molecule has 3 aromatic heterocycles. The average molecular weight is 641 g/mol. The van der Waals surface area contributed by atoms with E-state index < -0.39 is 10.0 Å². The molecule has 6 aromatic rings. The highest BCUT2D eigenvalue weighted by Crippen LogP contribution is 2.28. The molecular weight excluding hydrogens is 616 g/mol.